The van der Waals surface area contributed by atoms with Crippen LogP contribution in [-0.2, 0) is 0 Å². The lowest BCUT2D eigenvalue weighted by Gasteiger charge is -2.36. The average molecular weight is 239 g/mol. The second kappa shape index (κ2) is 5.75. The van der Waals surface area contributed by atoms with Crippen LogP contribution in [0.5, 0.6) is 0 Å². The van der Waals surface area contributed by atoms with E-state index in [-0.39, 0.29) is 0 Å². The first-order valence-electron chi connectivity index (χ1n) is 6.18. The Labute approximate surface area is 102 Å². The zero-order chi connectivity index (χ0) is 11.4. The van der Waals surface area contributed by atoms with Gasteiger partial charge in [-0.15, -0.1) is 11.3 Å². The summed E-state index contributed by atoms with van der Waals surface area (Å²) < 4.78 is 0. The minimum absolute atomic E-state index is 0.474. The van der Waals surface area contributed by atoms with E-state index in [1.165, 1.54) is 24.4 Å². The van der Waals surface area contributed by atoms with Crippen molar-refractivity contribution in [1.82, 2.24) is 15.2 Å². The highest BCUT2D eigenvalue weighted by Crippen LogP contribution is 2.25. The Balaban J connectivity index is 1.93. The highest BCUT2D eigenvalue weighted by atomic mass is 32.1. The Bertz CT molecular complexity index is 297. The van der Waals surface area contributed by atoms with Gasteiger partial charge in [0.1, 0.15) is 5.01 Å². The molecule has 0 aliphatic carbocycles. The summed E-state index contributed by atoms with van der Waals surface area (Å²) in [6, 6.07) is 1.14. The first-order chi connectivity index (χ1) is 7.81. The van der Waals surface area contributed by atoms with E-state index in [1.54, 1.807) is 11.3 Å². The molecule has 0 radical (unpaired) electrons. The molecular formula is C12H21N3S. The van der Waals surface area contributed by atoms with E-state index < -0.39 is 0 Å². The fraction of sp³-hybridized carbons (Fsp3) is 0.750. The molecule has 0 aromatic carbocycles. The molecule has 2 rings (SSSR count). The summed E-state index contributed by atoms with van der Waals surface area (Å²) in [5, 5.41) is 6.87. The van der Waals surface area contributed by atoms with Crippen molar-refractivity contribution in [3.8, 4) is 0 Å². The largest absolute Gasteiger partial charge is 0.313 e. The van der Waals surface area contributed by atoms with Crippen molar-refractivity contribution in [1.29, 1.82) is 0 Å². The molecule has 0 bridgehead atoms. The summed E-state index contributed by atoms with van der Waals surface area (Å²) in [6.45, 7) is 7.90. The summed E-state index contributed by atoms with van der Waals surface area (Å²) in [5.41, 5.74) is 0. The van der Waals surface area contributed by atoms with Gasteiger partial charge in [-0.05, 0) is 32.9 Å². The number of nitrogens with zero attached hydrogens (tertiary/aromatic N) is 2. The van der Waals surface area contributed by atoms with Crippen LogP contribution >= 0.6 is 11.3 Å². The topological polar surface area (TPSA) is 28.2 Å². The van der Waals surface area contributed by atoms with Crippen LogP contribution < -0.4 is 5.32 Å². The second-order valence-electron chi connectivity index (χ2n) is 4.44. The second-order valence-corrected chi connectivity index (χ2v) is 5.36. The van der Waals surface area contributed by atoms with Gasteiger partial charge in [-0.25, -0.2) is 4.98 Å². The molecule has 90 valence electrons. The zero-order valence-corrected chi connectivity index (χ0v) is 11.0. The molecule has 2 atom stereocenters. The van der Waals surface area contributed by atoms with Crippen LogP contribution in [0.15, 0.2) is 11.6 Å². The van der Waals surface area contributed by atoms with Crippen molar-refractivity contribution >= 4 is 11.3 Å². The van der Waals surface area contributed by atoms with Crippen molar-refractivity contribution in [2.75, 3.05) is 19.6 Å². The molecule has 1 aromatic heterocycles. The monoisotopic (exact) mass is 239 g/mol. The molecule has 2 heterocycles. The Kier molecular flexibility index (Phi) is 4.32. The summed E-state index contributed by atoms with van der Waals surface area (Å²) in [6.07, 6.45) is 4.52. The molecule has 1 saturated heterocycles. The standard InChI is InChI=1S/C12H21N3S/c1-3-13-11-5-4-7-15(9-11)10(2)12-14-6-8-16-12/h6,8,10-11,13H,3-5,7,9H2,1-2H3. The fourth-order valence-electron chi connectivity index (χ4n) is 2.41. The number of rotatable bonds is 4. The molecule has 4 heteroatoms. The van der Waals surface area contributed by atoms with Crippen molar-refractivity contribution in [2.24, 2.45) is 0 Å². The molecule has 1 N–H and O–H groups in total. The van der Waals surface area contributed by atoms with Crippen LogP contribution in [0.4, 0.5) is 0 Å². The van der Waals surface area contributed by atoms with E-state index in [1.807, 2.05) is 6.20 Å². The molecular weight excluding hydrogens is 218 g/mol. The third-order valence-electron chi connectivity index (χ3n) is 3.30. The first kappa shape index (κ1) is 12.0. The van der Waals surface area contributed by atoms with Gasteiger partial charge < -0.3 is 5.32 Å². The maximum atomic E-state index is 4.42. The van der Waals surface area contributed by atoms with Gasteiger partial charge in [0, 0.05) is 24.2 Å². The van der Waals surface area contributed by atoms with Crippen LogP contribution in [0, 0.1) is 0 Å². The Morgan fingerprint density at radius 1 is 1.69 bits per heavy atom. The van der Waals surface area contributed by atoms with Gasteiger partial charge in [-0.3, -0.25) is 4.90 Å². The number of likely N-dealkylation sites (N-methyl/N-ethyl adjacent to an activating group) is 1. The van der Waals surface area contributed by atoms with E-state index in [0.29, 0.717) is 12.1 Å². The predicted octanol–water partition coefficient (Wildman–Crippen LogP) is 2.28. The van der Waals surface area contributed by atoms with Gasteiger partial charge in [0.25, 0.3) is 0 Å². The fourth-order valence-corrected chi connectivity index (χ4v) is 3.14. The minimum Gasteiger partial charge on any atom is -0.313 e. The molecule has 3 nitrogen and oxygen atoms in total. The van der Waals surface area contributed by atoms with Gasteiger partial charge in [0.2, 0.25) is 0 Å². The quantitative estimate of drug-likeness (QED) is 0.873. The lowest BCUT2D eigenvalue weighted by atomic mass is 10.0. The number of hydrogen-bond donors (Lipinski definition) is 1. The van der Waals surface area contributed by atoms with Crippen molar-refractivity contribution in [3.63, 3.8) is 0 Å². The predicted molar refractivity (Wildman–Crippen MR) is 68.8 cm³/mol. The lowest BCUT2D eigenvalue weighted by molar-refractivity contribution is 0.146. The molecule has 1 fully saturated rings. The Hall–Kier alpha value is -0.450. The van der Waals surface area contributed by atoms with Crippen LogP contribution in [0.2, 0.25) is 0 Å². The van der Waals surface area contributed by atoms with Gasteiger partial charge in [0.15, 0.2) is 0 Å². The smallest absolute Gasteiger partial charge is 0.109 e. The van der Waals surface area contributed by atoms with Crippen LogP contribution in [0.25, 0.3) is 0 Å². The maximum Gasteiger partial charge on any atom is 0.109 e. The number of thiazole rings is 1. The van der Waals surface area contributed by atoms with E-state index in [4.69, 9.17) is 0 Å². The third kappa shape index (κ3) is 2.81. The van der Waals surface area contributed by atoms with Crippen molar-refractivity contribution in [3.05, 3.63) is 16.6 Å². The van der Waals surface area contributed by atoms with Gasteiger partial charge in [-0.2, -0.15) is 0 Å². The number of piperidine rings is 1. The third-order valence-corrected chi connectivity index (χ3v) is 4.25. The number of likely N-dealkylation sites (tertiary alicyclic amines) is 1. The van der Waals surface area contributed by atoms with Crippen LogP contribution in [0.3, 0.4) is 0 Å². The molecule has 0 saturated carbocycles. The minimum atomic E-state index is 0.474. The van der Waals surface area contributed by atoms with E-state index in [9.17, 15) is 0 Å². The number of aromatic nitrogens is 1. The Morgan fingerprint density at radius 3 is 3.25 bits per heavy atom. The van der Waals surface area contributed by atoms with Crippen molar-refractivity contribution in [2.45, 2.75) is 38.8 Å². The molecule has 1 aromatic rings. The molecule has 2 unspecified atom stereocenters. The van der Waals surface area contributed by atoms with E-state index in [2.05, 4.69) is 34.4 Å². The Morgan fingerprint density at radius 2 is 2.56 bits per heavy atom. The summed E-state index contributed by atoms with van der Waals surface area (Å²) in [5.74, 6) is 0. The number of nitrogens with one attached hydrogen (secondary N) is 1. The SMILES string of the molecule is CCNC1CCCN(C(C)c2nccs2)C1. The first-order valence-corrected chi connectivity index (χ1v) is 7.06. The average Bonchev–Trinajstić information content (AvgIpc) is 2.82. The summed E-state index contributed by atoms with van der Waals surface area (Å²) in [4.78, 5) is 6.97. The van der Waals surface area contributed by atoms with E-state index >= 15 is 0 Å². The molecule has 16 heavy (non-hydrogen) atoms. The summed E-state index contributed by atoms with van der Waals surface area (Å²) in [7, 11) is 0. The van der Waals surface area contributed by atoms with Crippen LogP contribution in [-0.4, -0.2) is 35.6 Å². The molecule has 0 amide bonds. The number of hydrogen-bond acceptors (Lipinski definition) is 4. The maximum absolute atomic E-state index is 4.42. The normalized spacial score (nSPS) is 24.5. The van der Waals surface area contributed by atoms with Gasteiger partial charge in [-0.1, -0.05) is 6.92 Å². The van der Waals surface area contributed by atoms with Gasteiger partial charge >= 0.3 is 0 Å². The summed E-state index contributed by atoms with van der Waals surface area (Å²) >= 11 is 1.77. The molecule has 1 aliphatic rings. The van der Waals surface area contributed by atoms with Crippen molar-refractivity contribution < 1.29 is 0 Å². The lowest BCUT2D eigenvalue weighted by Crippen LogP contribution is -2.46. The molecule has 0 spiro atoms. The zero-order valence-electron chi connectivity index (χ0n) is 10.1. The van der Waals surface area contributed by atoms with Gasteiger partial charge in [0.05, 0.1) is 6.04 Å². The highest BCUT2D eigenvalue weighted by molar-refractivity contribution is 7.09. The molecule has 1 aliphatic heterocycles. The van der Waals surface area contributed by atoms with Crippen LogP contribution in [0.1, 0.15) is 37.7 Å². The van der Waals surface area contributed by atoms with E-state index in [0.717, 1.165) is 13.1 Å². The highest BCUT2D eigenvalue weighted by Gasteiger charge is 2.24.